The monoisotopic (exact) mass is 239 g/mol. The summed E-state index contributed by atoms with van der Waals surface area (Å²) in [6.07, 6.45) is 0.536. The molecule has 4 N–H and O–H groups in total. The second-order valence-corrected chi connectivity index (χ2v) is 4.33. The van der Waals surface area contributed by atoms with Gasteiger partial charge in [-0.15, -0.1) is 0 Å². The lowest BCUT2D eigenvalue weighted by molar-refractivity contribution is 0.0952. The first kappa shape index (κ1) is 12.1. The van der Waals surface area contributed by atoms with Crippen molar-refractivity contribution in [2.24, 2.45) is 5.84 Å². The molecule has 1 unspecified atom stereocenters. The average molecular weight is 239 g/mol. The highest BCUT2D eigenvalue weighted by atomic mass is 16.3. The van der Waals surface area contributed by atoms with Gasteiger partial charge in [-0.1, -0.05) is 0 Å². The number of furan rings is 1. The highest BCUT2D eigenvalue weighted by Gasteiger charge is 2.22. The Morgan fingerprint density at radius 2 is 2.53 bits per heavy atom. The summed E-state index contributed by atoms with van der Waals surface area (Å²) in [5.41, 5.74) is 2.54. The number of carbonyl (C=O) groups excluding carboxylic acids is 1. The number of rotatable bonds is 3. The van der Waals surface area contributed by atoms with Gasteiger partial charge in [0.2, 0.25) is 0 Å². The van der Waals surface area contributed by atoms with E-state index in [-0.39, 0.29) is 12.0 Å². The standard InChI is InChI=1S/C11H17N3O3/c1-7-10(11(16)13-12)4-9(17-7)6-14-3-2-8(15)5-14/h4,8,15H,2-3,5-6,12H2,1H3,(H,13,16). The van der Waals surface area contributed by atoms with Gasteiger partial charge in [-0.25, -0.2) is 5.84 Å². The molecule has 1 atom stereocenters. The molecule has 0 saturated carbocycles. The SMILES string of the molecule is Cc1oc(CN2CCC(O)C2)cc1C(=O)NN. The zero-order valence-corrected chi connectivity index (χ0v) is 9.77. The molecule has 1 saturated heterocycles. The lowest BCUT2D eigenvalue weighted by Crippen LogP contribution is -2.30. The molecule has 6 nitrogen and oxygen atoms in total. The Morgan fingerprint density at radius 3 is 3.12 bits per heavy atom. The molecule has 6 heteroatoms. The summed E-state index contributed by atoms with van der Waals surface area (Å²) in [4.78, 5) is 13.5. The second kappa shape index (κ2) is 4.87. The molecule has 0 spiro atoms. The number of hydrazine groups is 1. The van der Waals surface area contributed by atoms with Crippen LogP contribution in [0.15, 0.2) is 10.5 Å². The van der Waals surface area contributed by atoms with Gasteiger partial charge < -0.3 is 9.52 Å². The van der Waals surface area contributed by atoms with Gasteiger partial charge in [0.25, 0.3) is 5.91 Å². The number of likely N-dealkylation sites (tertiary alicyclic amines) is 1. The van der Waals surface area contributed by atoms with Crippen molar-refractivity contribution in [1.82, 2.24) is 10.3 Å². The third-order valence-electron chi connectivity index (χ3n) is 2.97. The van der Waals surface area contributed by atoms with E-state index < -0.39 is 0 Å². The van der Waals surface area contributed by atoms with Crippen molar-refractivity contribution in [2.75, 3.05) is 13.1 Å². The Morgan fingerprint density at radius 1 is 1.76 bits per heavy atom. The predicted octanol–water partition coefficient (Wildman–Crippen LogP) is -0.242. The van der Waals surface area contributed by atoms with Crippen LogP contribution in [0.25, 0.3) is 0 Å². The average Bonchev–Trinajstić information content (AvgIpc) is 2.85. The smallest absolute Gasteiger partial charge is 0.268 e. The van der Waals surface area contributed by atoms with E-state index in [4.69, 9.17) is 10.3 Å². The van der Waals surface area contributed by atoms with E-state index in [1.807, 2.05) is 0 Å². The number of carbonyl (C=O) groups is 1. The van der Waals surface area contributed by atoms with E-state index >= 15 is 0 Å². The summed E-state index contributed by atoms with van der Waals surface area (Å²) in [6, 6.07) is 1.70. The fourth-order valence-electron chi connectivity index (χ4n) is 2.10. The molecular weight excluding hydrogens is 222 g/mol. The Kier molecular flexibility index (Phi) is 3.46. The third-order valence-corrected chi connectivity index (χ3v) is 2.97. The van der Waals surface area contributed by atoms with Crippen LogP contribution < -0.4 is 11.3 Å². The summed E-state index contributed by atoms with van der Waals surface area (Å²) in [7, 11) is 0. The summed E-state index contributed by atoms with van der Waals surface area (Å²) < 4.78 is 5.50. The molecule has 2 heterocycles. The number of hydrogen-bond acceptors (Lipinski definition) is 5. The fourth-order valence-corrected chi connectivity index (χ4v) is 2.10. The molecule has 1 aliphatic heterocycles. The molecule has 0 aromatic carbocycles. The van der Waals surface area contributed by atoms with Gasteiger partial charge in [0.05, 0.1) is 18.2 Å². The molecule has 1 aliphatic rings. The molecule has 1 aromatic rings. The molecule has 1 aromatic heterocycles. The number of aliphatic hydroxyl groups is 1. The molecule has 1 fully saturated rings. The first-order valence-corrected chi connectivity index (χ1v) is 5.61. The Labute approximate surface area is 99.3 Å². The summed E-state index contributed by atoms with van der Waals surface area (Å²) in [5, 5.41) is 9.41. The van der Waals surface area contributed by atoms with E-state index in [2.05, 4.69) is 10.3 Å². The number of hydrogen-bond donors (Lipinski definition) is 3. The van der Waals surface area contributed by atoms with Gasteiger partial charge >= 0.3 is 0 Å². The van der Waals surface area contributed by atoms with E-state index in [9.17, 15) is 9.90 Å². The third kappa shape index (κ3) is 2.66. The van der Waals surface area contributed by atoms with Crippen LogP contribution in [0.5, 0.6) is 0 Å². The molecular formula is C11H17N3O3. The van der Waals surface area contributed by atoms with Crippen molar-refractivity contribution in [1.29, 1.82) is 0 Å². The molecule has 1 amide bonds. The van der Waals surface area contributed by atoms with Gasteiger partial charge in [-0.3, -0.25) is 15.1 Å². The number of nitrogens with one attached hydrogen (secondary N) is 1. The molecule has 0 radical (unpaired) electrons. The van der Waals surface area contributed by atoms with Crippen LogP contribution in [0.3, 0.4) is 0 Å². The lowest BCUT2D eigenvalue weighted by atomic mass is 10.2. The number of amides is 1. The van der Waals surface area contributed by atoms with Crippen molar-refractivity contribution >= 4 is 5.91 Å². The van der Waals surface area contributed by atoms with Gasteiger partial charge in [0, 0.05) is 13.1 Å². The largest absolute Gasteiger partial charge is 0.464 e. The Hall–Kier alpha value is -1.37. The van der Waals surface area contributed by atoms with Crippen molar-refractivity contribution in [2.45, 2.75) is 26.0 Å². The first-order chi connectivity index (χ1) is 8.10. The highest BCUT2D eigenvalue weighted by Crippen LogP contribution is 2.18. The lowest BCUT2D eigenvalue weighted by Gasteiger charge is -2.12. The van der Waals surface area contributed by atoms with E-state index in [1.54, 1.807) is 13.0 Å². The summed E-state index contributed by atoms with van der Waals surface area (Å²) in [6.45, 7) is 3.83. The molecule has 2 rings (SSSR count). The maximum atomic E-state index is 11.4. The minimum atomic E-state index is -0.348. The van der Waals surface area contributed by atoms with Crippen LogP contribution in [0, 0.1) is 6.92 Å². The van der Waals surface area contributed by atoms with Crippen LogP contribution in [0.2, 0.25) is 0 Å². The van der Waals surface area contributed by atoms with Gasteiger partial charge in [0.1, 0.15) is 11.5 Å². The maximum Gasteiger partial charge on any atom is 0.268 e. The minimum absolute atomic E-state index is 0.252. The number of nitrogens with zero attached hydrogens (tertiary/aromatic N) is 1. The van der Waals surface area contributed by atoms with Crippen LogP contribution in [0.1, 0.15) is 28.3 Å². The van der Waals surface area contributed by atoms with Crippen LogP contribution >= 0.6 is 0 Å². The number of nitrogen functional groups attached to an aromatic ring is 1. The van der Waals surface area contributed by atoms with Crippen molar-refractivity contribution < 1.29 is 14.3 Å². The van der Waals surface area contributed by atoms with Crippen molar-refractivity contribution in [3.05, 3.63) is 23.2 Å². The zero-order valence-electron chi connectivity index (χ0n) is 9.77. The quantitative estimate of drug-likeness (QED) is 0.384. The van der Waals surface area contributed by atoms with Crippen LogP contribution in [-0.2, 0) is 6.54 Å². The maximum absolute atomic E-state index is 11.4. The second-order valence-electron chi connectivity index (χ2n) is 4.33. The number of β-amino-alcohol motifs (C(OH)–C–C–N with tert-alkyl or cyclic N) is 1. The van der Waals surface area contributed by atoms with Crippen LogP contribution in [0.4, 0.5) is 0 Å². The van der Waals surface area contributed by atoms with E-state index in [0.29, 0.717) is 24.4 Å². The summed E-state index contributed by atoms with van der Waals surface area (Å²) >= 11 is 0. The van der Waals surface area contributed by atoms with E-state index in [0.717, 1.165) is 18.7 Å². The Balaban J connectivity index is 2.05. The molecule has 17 heavy (non-hydrogen) atoms. The topological polar surface area (TPSA) is 91.7 Å². The number of aliphatic hydroxyl groups excluding tert-OH is 1. The molecule has 0 aliphatic carbocycles. The van der Waals surface area contributed by atoms with Gasteiger partial charge in [0.15, 0.2) is 0 Å². The number of aryl methyl sites for hydroxylation is 1. The molecule has 94 valence electrons. The normalized spacial score (nSPS) is 20.8. The Bertz CT molecular complexity index is 416. The van der Waals surface area contributed by atoms with Crippen molar-refractivity contribution in [3.63, 3.8) is 0 Å². The summed E-state index contributed by atoms with van der Waals surface area (Å²) in [5.74, 6) is 6.01. The predicted molar refractivity (Wildman–Crippen MR) is 61.0 cm³/mol. The minimum Gasteiger partial charge on any atom is -0.464 e. The fraction of sp³-hybridized carbons (Fsp3) is 0.545. The number of nitrogens with two attached hydrogens (primary N) is 1. The first-order valence-electron chi connectivity index (χ1n) is 5.61. The van der Waals surface area contributed by atoms with Crippen molar-refractivity contribution in [3.8, 4) is 0 Å². The molecule has 0 bridgehead atoms. The van der Waals surface area contributed by atoms with E-state index in [1.165, 1.54) is 0 Å². The van der Waals surface area contributed by atoms with Crippen LogP contribution in [-0.4, -0.2) is 35.1 Å². The zero-order chi connectivity index (χ0) is 12.4. The van der Waals surface area contributed by atoms with Gasteiger partial charge in [-0.2, -0.15) is 0 Å². The highest BCUT2D eigenvalue weighted by molar-refractivity contribution is 5.94. The van der Waals surface area contributed by atoms with Gasteiger partial charge in [-0.05, 0) is 19.4 Å².